The Balaban J connectivity index is 1.92. The van der Waals surface area contributed by atoms with Gasteiger partial charge in [-0.25, -0.2) is 4.98 Å². The smallest absolute Gasteiger partial charge is 0.234 e. The third kappa shape index (κ3) is 1.66. The highest BCUT2D eigenvalue weighted by Gasteiger charge is 2.21. The van der Waals surface area contributed by atoms with Crippen molar-refractivity contribution in [1.29, 1.82) is 5.26 Å². The molecule has 2 heterocycles. The first-order valence-corrected chi connectivity index (χ1v) is 5.54. The van der Waals surface area contributed by atoms with Gasteiger partial charge in [0.2, 0.25) is 11.6 Å². The fourth-order valence-electron chi connectivity index (χ4n) is 2.21. The quantitative estimate of drug-likeness (QED) is 0.745. The maximum absolute atomic E-state index is 8.93. The van der Waals surface area contributed by atoms with Crippen molar-refractivity contribution < 1.29 is 4.42 Å². The Morgan fingerprint density at radius 2 is 2.12 bits per heavy atom. The van der Waals surface area contributed by atoms with E-state index in [0.29, 0.717) is 11.6 Å². The predicted molar refractivity (Wildman–Crippen MR) is 62.4 cm³/mol. The van der Waals surface area contributed by atoms with Gasteiger partial charge in [0, 0.05) is 13.1 Å². The van der Waals surface area contributed by atoms with Crippen molar-refractivity contribution >= 4 is 5.88 Å². The molecule has 84 valence electrons. The van der Waals surface area contributed by atoms with Crippen LogP contribution < -0.4 is 4.90 Å². The van der Waals surface area contributed by atoms with E-state index >= 15 is 0 Å². The summed E-state index contributed by atoms with van der Waals surface area (Å²) in [6.07, 6.45) is 2.30. The molecule has 0 N–H and O–H groups in total. The number of nitrogens with zero attached hydrogens (tertiary/aromatic N) is 3. The van der Waals surface area contributed by atoms with E-state index < -0.39 is 0 Å². The van der Waals surface area contributed by atoms with Crippen molar-refractivity contribution in [3.8, 4) is 6.07 Å². The first kappa shape index (κ1) is 9.91. The monoisotopic (exact) mass is 225 g/mol. The molecule has 4 nitrogen and oxygen atoms in total. The Morgan fingerprint density at radius 3 is 2.94 bits per heavy atom. The van der Waals surface area contributed by atoms with Gasteiger partial charge >= 0.3 is 0 Å². The zero-order valence-electron chi connectivity index (χ0n) is 9.26. The predicted octanol–water partition coefficient (Wildman–Crippen LogP) is 2.11. The molecule has 0 radical (unpaired) electrons. The van der Waals surface area contributed by atoms with Gasteiger partial charge in [-0.05, 0) is 17.5 Å². The van der Waals surface area contributed by atoms with Gasteiger partial charge in [-0.15, -0.1) is 0 Å². The fraction of sp³-hybridized carbons (Fsp3) is 0.231. The topological polar surface area (TPSA) is 53.1 Å². The summed E-state index contributed by atoms with van der Waals surface area (Å²) >= 11 is 0. The minimum atomic E-state index is 0.365. The van der Waals surface area contributed by atoms with Gasteiger partial charge < -0.3 is 9.32 Å². The van der Waals surface area contributed by atoms with E-state index in [2.05, 4.69) is 34.2 Å². The number of fused-ring (bicyclic) bond motifs is 1. The molecule has 4 heteroatoms. The molecule has 0 unspecified atom stereocenters. The normalized spacial score (nSPS) is 14.2. The summed E-state index contributed by atoms with van der Waals surface area (Å²) in [6.45, 7) is 1.64. The molecule has 1 aliphatic heterocycles. The largest absolute Gasteiger partial charge is 0.426 e. The molecule has 2 aromatic rings. The van der Waals surface area contributed by atoms with E-state index in [-0.39, 0.29) is 0 Å². The lowest BCUT2D eigenvalue weighted by atomic mass is 10.00. The fourth-order valence-corrected chi connectivity index (χ4v) is 2.21. The Hall–Kier alpha value is -2.28. The van der Waals surface area contributed by atoms with E-state index in [1.807, 2.05) is 6.07 Å². The summed E-state index contributed by atoms with van der Waals surface area (Å²) in [5, 5.41) is 8.93. The van der Waals surface area contributed by atoms with Crippen LogP contribution in [-0.4, -0.2) is 11.5 Å². The lowest BCUT2D eigenvalue weighted by Crippen LogP contribution is -2.30. The molecule has 1 aliphatic rings. The van der Waals surface area contributed by atoms with Crippen LogP contribution >= 0.6 is 0 Å². The molecule has 0 fully saturated rings. The van der Waals surface area contributed by atoms with Crippen LogP contribution in [0.15, 0.2) is 35.1 Å². The van der Waals surface area contributed by atoms with Crippen LogP contribution in [0.25, 0.3) is 0 Å². The van der Waals surface area contributed by atoms with Gasteiger partial charge in [0.05, 0.1) is 0 Å². The van der Waals surface area contributed by atoms with Crippen LogP contribution in [0.3, 0.4) is 0 Å². The molecule has 1 aromatic carbocycles. The lowest BCUT2D eigenvalue weighted by Gasteiger charge is -2.28. The zero-order chi connectivity index (χ0) is 11.7. The number of oxazole rings is 1. The van der Waals surface area contributed by atoms with Crippen molar-refractivity contribution in [2.75, 3.05) is 11.4 Å². The minimum absolute atomic E-state index is 0.365. The van der Waals surface area contributed by atoms with Gasteiger partial charge in [-0.2, -0.15) is 5.26 Å². The van der Waals surface area contributed by atoms with Crippen LogP contribution in [0.5, 0.6) is 0 Å². The highest BCUT2D eigenvalue weighted by Crippen LogP contribution is 2.26. The number of benzene rings is 1. The Morgan fingerprint density at radius 1 is 1.29 bits per heavy atom. The summed E-state index contributed by atoms with van der Waals surface area (Å²) in [5.74, 6) is 0.585. The summed E-state index contributed by atoms with van der Waals surface area (Å²) in [7, 11) is 0. The van der Waals surface area contributed by atoms with Crippen LogP contribution in [0.2, 0.25) is 0 Å². The van der Waals surface area contributed by atoms with E-state index in [0.717, 1.165) is 19.5 Å². The van der Waals surface area contributed by atoms with Crippen LogP contribution in [0, 0.1) is 11.3 Å². The molecular weight excluding hydrogens is 214 g/mol. The van der Waals surface area contributed by atoms with Crippen molar-refractivity contribution in [2.24, 2.45) is 0 Å². The van der Waals surface area contributed by atoms with Crippen molar-refractivity contribution in [1.82, 2.24) is 4.98 Å². The molecule has 0 bridgehead atoms. The molecule has 0 spiro atoms. The summed E-state index contributed by atoms with van der Waals surface area (Å²) in [6, 6.07) is 10.4. The number of nitriles is 1. The van der Waals surface area contributed by atoms with E-state index in [4.69, 9.17) is 9.68 Å². The standard InChI is InChI=1S/C13H11N3O/c14-7-12-13(17-9-15-12)16-6-5-10-3-1-2-4-11(10)8-16/h1-4,9H,5-6,8H2. The molecule has 0 saturated heterocycles. The van der Waals surface area contributed by atoms with Crippen LogP contribution in [-0.2, 0) is 13.0 Å². The molecule has 0 saturated carbocycles. The van der Waals surface area contributed by atoms with Crippen molar-refractivity contribution in [2.45, 2.75) is 13.0 Å². The summed E-state index contributed by atoms with van der Waals surface area (Å²) in [4.78, 5) is 5.96. The maximum atomic E-state index is 8.93. The van der Waals surface area contributed by atoms with E-state index in [9.17, 15) is 0 Å². The molecule has 1 aromatic heterocycles. The van der Waals surface area contributed by atoms with Crippen LogP contribution in [0.1, 0.15) is 16.8 Å². The average molecular weight is 225 g/mol. The second-order valence-corrected chi connectivity index (χ2v) is 4.06. The van der Waals surface area contributed by atoms with Gasteiger partial charge in [-0.1, -0.05) is 24.3 Å². The minimum Gasteiger partial charge on any atom is -0.426 e. The highest BCUT2D eigenvalue weighted by atomic mass is 16.4. The summed E-state index contributed by atoms with van der Waals surface area (Å²) in [5.41, 5.74) is 3.03. The molecule has 17 heavy (non-hydrogen) atoms. The number of hydrogen-bond acceptors (Lipinski definition) is 4. The SMILES string of the molecule is N#Cc1ncoc1N1CCc2ccccc2C1. The number of hydrogen-bond donors (Lipinski definition) is 0. The lowest BCUT2D eigenvalue weighted by molar-refractivity contribution is 0.528. The van der Waals surface area contributed by atoms with Gasteiger partial charge in [0.25, 0.3) is 0 Å². The Bertz CT molecular complexity index is 582. The Kier molecular flexibility index (Phi) is 2.30. The van der Waals surface area contributed by atoms with Gasteiger partial charge in [0.1, 0.15) is 6.07 Å². The number of anilines is 1. The molecule has 0 amide bonds. The molecular formula is C13H11N3O. The van der Waals surface area contributed by atoms with Crippen molar-refractivity contribution in [3.63, 3.8) is 0 Å². The average Bonchev–Trinajstić information content (AvgIpc) is 2.86. The Labute approximate surface area is 99.1 Å². The van der Waals surface area contributed by atoms with Crippen molar-refractivity contribution in [3.05, 3.63) is 47.5 Å². The summed E-state index contributed by atoms with van der Waals surface area (Å²) < 4.78 is 5.30. The van der Waals surface area contributed by atoms with E-state index in [1.165, 1.54) is 17.5 Å². The first-order chi connectivity index (χ1) is 8.38. The highest BCUT2D eigenvalue weighted by molar-refractivity contribution is 5.49. The molecule has 3 rings (SSSR count). The van der Waals surface area contributed by atoms with Gasteiger partial charge in [-0.3, -0.25) is 0 Å². The third-order valence-corrected chi connectivity index (χ3v) is 3.07. The second kappa shape index (κ2) is 3.95. The number of rotatable bonds is 1. The van der Waals surface area contributed by atoms with Gasteiger partial charge in [0.15, 0.2) is 6.39 Å². The van der Waals surface area contributed by atoms with Crippen LogP contribution in [0.4, 0.5) is 5.88 Å². The van der Waals surface area contributed by atoms with E-state index in [1.54, 1.807) is 0 Å². The zero-order valence-corrected chi connectivity index (χ0v) is 9.26. The molecule has 0 aliphatic carbocycles. The maximum Gasteiger partial charge on any atom is 0.234 e. The molecule has 0 atom stereocenters. The second-order valence-electron chi connectivity index (χ2n) is 4.06. The number of aromatic nitrogens is 1. The third-order valence-electron chi connectivity index (χ3n) is 3.07. The first-order valence-electron chi connectivity index (χ1n) is 5.54.